The number of benzene rings is 1. The van der Waals surface area contributed by atoms with E-state index in [4.69, 9.17) is 0 Å². The van der Waals surface area contributed by atoms with Gasteiger partial charge in [0.05, 0.1) is 17.5 Å². The highest BCUT2D eigenvalue weighted by molar-refractivity contribution is 7.99. The number of fused-ring (bicyclic) bond motifs is 1. The number of pyridine rings is 1. The van der Waals surface area contributed by atoms with Gasteiger partial charge in [-0.15, -0.1) is 23.5 Å². The topological polar surface area (TPSA) is 42.0 Å². The summed E-state index contributed by atoms with van der Waals surface area (Å²) >= 11 is 3.25. The van der Waals surface area contributed by atoms with Crippen LogP contribution >= 0.6 is 23.5 Å². The van der Waals surface area contributed by atoms with Gasteiger partial charge in [-0.25, -0.2) is 4.39 Å². The van der Waals surface area contributed by atoms with Crippen LogP contribution in [0.2, 0.25) is 0 Å². The van der Waals surface area contributed by atoms with Gasteiger partial charge >= 0.3 is 0 Å². The molecule has 3 rings (SSSR count). The van der Waals surface area contributed by atoms with E-state index in [1.807, 2.05) is 18.2 Å². The van der Waals surface area contributed by atoms with E-state index in [0.717, 1.165) is 28.3 Å². The lowest BCUT2D eigenvalue weighted by atomic mass is 10.0. The molecule has 0 bridgehead atoms. The van der Waals surface area contributed by atoms with Gasteiger partial charge in [0.15, 0.2) is 0 Å². The van der Waals surface area contributed by atoms with Gasteiger partial charge in [-0.3, -0.25) is 9.78 Å². The maximum absolute atomic E-state index is 13.5. The van der Waals surface area contributed by atoms with Crippen molar-refractivity contribution in [3.05, 3.63) is 59.7 Å². The van der Waals surface area contributed by atoms with Crippen molar-refractivity contribution in [3.63, 3.8) is 0 Å². The summed E-state index contributed by atoms with van der Waals surface area (Å²) in [6, 6.07) is 10.5. The van der Waals surface area contributed by atoms with Gasteiger partial charge in [-0.05, 0) is 42.3 Å². The number of nitrogens with zero attached hydrogens (tertiary/aromatic N) is 1. The minimum Gasteiger partial charge on any atom is -0.349 e. The third-order valence-electron chi connectivity index (χ3n) is 3.56. The summed E-state index contributed by atoms with van der Waals surface area (Å²) in [7, 11) is 0. The first-order valence-corrected chi connectivity index (χ1v) is 9.55. The molecule has 1 N–H and O–H groups in total. The second-order valence-corrected chi connectivity index (χ2v) is 7.38. The molecule has 0 saturated carbocycles. The number of hydrogen-bond acceptors (Lipinski definition) is 4. The Labute approximate surface area is 143 Å². The average molecular weight is 348 g/mol. The summed E-state index contributed by atoms with van der Waals surface area (Å²) in [6.45, 7) is 0. The van der Waals surface area contributed by atoms with E-state index >= 15 is 0 Å². The van der Waals surface area contributed by atoms with E-state index in [1.54, 1.807) is 24.0 Å². The van der Waals surface area contributed by atoms with Crippen molar-refractivity contribution in [3.8, 4) is 0 Å². The van der Waals surface area contributed by atoms with E-state index in [2.05, 4.69) is 10.3 Å². The summed E-state index contributed by atoms with van der Waals surface area (Å²) in [6.07, 6.45) is 2.58. The fourth-order valence-corrected chi connectivity index (χ4v) is 4.34. The van der Waals surface area contributed by atoms with Crippen molar-refractivity contribution in [2.75, 3.05) is 11.5 Å². The van der Waals surface area contributed by atoms with Gasteiger partial charge in [0.2, 0.25) is 5.91 Å². The summed E-state index contributed by atoms with van der Waals surface area (Å²) in [5, 5.41) is 3.03. The lowest BCUT2D eigenvalue weighted by Crippen LogP contribution is -2.32. The normalized spacial score (nSPS) is 16.7. The summed E-state index contributed by atoms with van der Waals surface area (Å²) in [5.41, 5.74) is 1.86. The molecule has 1 aromatic carbocycles. The number of amides is 1. The third kappa shape index (κ3) is 4.48. The number of halogens is 1. The Hall–Kier alpha value is -1.53. The van der Waals surface area contributed by atoms with Crippen molar-refractivity contribution in [2.45, 2.75) is 23.1 Å². The summed E-state index contributed by atoms with van der Waals surface area (Å²) < 4.78 is 13.5. The predicted octanol–water partition coefficient (Wildman–Crippen LogP) is 3.81. The average Bonchev–Trinajstić information content (AvgIpc) is 2.56. The molecule has 120 valence electrons. The zero-order chi connectivity index (χ0) is 16.1. The number of nitrogens with one attached hydrogen (secondary N) is 1. The second-order valence-electron chi connectivity index (χ2n) is 5.25. The Morgan fingerprint density at radius 2 is 2.30 bits per heavy atom. The highest BCUT2D eigenvalue weighted by atomic mass is 32.2. The molecule has 1 atom stereocenters. The quantitative estimate of drug-likeness (QED) is 0.892. The molecule has 3 nitrogen and oxygen atoms in total. The van der Waals surface area contributed by atoms with Crippen molar-refractivity contribution in [1.29, 1.82) is 0 Å². The Bertz CT molecular complexity index is 682. The molecule has 6 heteroatoms. The first-order chi connectivity index (χ1) is 11.2. The van der Waals surface area contributed by atoms with Gasteiger partial charge in [-0.2, -0.15) is 0 Å². The van der Waals surface area contributed by atoms with E-state index in [9.17, 15) is 9.18 Å². The van der Waals surface area contributed by atoms with Crippen LogP contribution in [0.3, 0.4) is 0 Å². The minimum atomic E-state index is -0.255. The van der Waals surface area contributed by atoms with E-state index < -0.39 is 0 Å². The van der Waals surface area contributed by atoms with Crippen molar-refractivity contribution in [1.82, 2.24) is 10.3 Å². The molecule has 1 aromatic heterocycles. The SMILES string of the molecule is O=C(CSCc1ccccn1)NC1CCSc2ccc(F)cc21. The Balaban J connectivity index is 1.54. The lowest BCUT2D eigenvalue weighted by molar-refractivity contribution is -0.119. The zero-order valence-electron chi connectivity index (χ0n) is 12.5. The largest absolute Gasteiger partial charge is 0.349 e. The first kappa shape index (κ1) is 16.3. The number of aromatic nitrogens is 1. The molecule has 0 saturated heterocycles. The number of carbonyl (C=O) groups excluding carboxylic acids is 1. The Kier molecular flexibility index (Phi) is 5.56. The van der Waals surface area contributed by atoms with Crippen LogP contribution < -0.4 is 5.32 Å². The Morgan fingerprint density at radius 3 is 3.13 bits per heavy atom. The van der Waals surface area contributed by atoms with Crippen molar-refractivity contribution < 1.29 is 9.18 Å². The fourth-order valence-electron chi connectivity index (χ4n) is 2.48. The molecule has 0 radical (unpaired) electrons. The highest BCUT2D eigenvalue weighted by Gasteiger charge is 2.22. The number of rotatable bonds is 5. The molecule has 0 spiro atoms. The molecule has 1 aliphatic heterocycles. The number of thioether (sulfide) groups is 2. The minimum absolute atomic E-state index is 0.0157. The van der Waals surface area contributed by atoms with Crippen LogP contribution in [0, 0.1) is 5.82 Å². The summed E-state index contributed by atoms with van der Waals surface area (Å²) in [4.78, 5) is 17.4. The van der Waals surface area contributed by atoms with Crippen LogP contribution in [0.5, 0.6) is 0 Å². The van der Waals surface area contributed by atoms with Crippen LogP contribution in [-0.4, -0.2) is 22.4 Å². The number of carbonyl (C=O) groups is 1. The molecular formula is C17H17FN2OS2. The van der Waals surface area contributed by atoms with E-state index in [0.29, 0.717) is 11.5 Å². The zero-order valence-corrected chi connectivity index (χ0v) is 14.1. The maximum Gasteiger partial charge on any atom is 0.230 e. The van der Waals surface area contributed by atoms with Crippen LogP contribution in [0.1, 0.15) is 23.7 Å². The standard InChI is InChI=1S/C17H17FN2OS2/c18-12-4-5-16-14(9-12)15(6-8-23-16)20-17(21)11-22-10-13-3-1-2-7-19-13/h1-5,7,9,15H,6,8,10-11H2,(H,20,21). The smallest absolute Gasteiger partial charge is 0.230 e. The van der Waals surface area contributed by atoms with Crippen molar-refractivity contribution >= 4 is 29.4 Å². The van der Waals surface area contributed by atoms with Gasteiger partial charge in [0.25, 0.3) is 0 Å². The fraction of sp³-hybridized carbons (Fsp3) is 0.294. The third-order valence-corrected chi connectivity index (χ3v) is 5.64. The molecule has 1 unspecified atom stereocenters. The molecule has 0 aliphatic carbocycles. The van der Waals surface area contributed by atoms with Gasteiger partial charge in [0.1, 0.15) is 5.82 Å². The monoisotopic (exact) mass is 348 g/mol. The van der Waals surface area contributed by atoms with Gasteiger partial charge in [0, 0.05) is 22.6 Å². The summed E-state index contributed by atoms with van der Waals surface area (Å²) in [5.74, 6) is 1.75. The Morgan fingerprint density at radius 1 is 1.39 bits per heavy atom. The van der Waals surface area contributed by atoms with E-state index in [-0.39, 0.29) is 17.8 Å². The molecule has 23 heavy (non-hydrogen) atoms. The molecule has 0 fully saturated rings. The van der Waals surface area contributed by atoms with Crippen LogP contribution in [0.4, 0.5) is 4.39 Å². The highest BCUT2D eigenvalue weighted by Crippen LogP contribution is 2.36. The molecule has 1 aliphatic rings. The van der Waals surface area contributed by atoms with Crippen LogP contribution in [0.25, 0.3) is 0 Å². The second kappa shape index (κ2) is 7.84. The molecule has 2 heterocycles. The molecule has 2 aromatic rings. The lowest BCUT2D eigenvalue weighted by Gasteiger charge is -2.26. The number of hydrogen-bond donors (Lipinski definition) is 1. The van der Waals surface area contributed by atoms with E-state index in [1.165, 1.54) is 23.9 Å². The molecule has 1 amide bonds. The molecular weight excluding hydrogens is 331 g/mol. The first-order valence-electron chi connectivity index (χ1n) is 7.41. The predicted molar refractivity (Wildman–Crippen MR) is 93.0 cm³/mol. The van der Waals surface area contributed by atoms with Crippen LogP contribution in [0.15, 0.2) is 47.5 Å². The van der Waals surface area contributed by atoms with Gasteiger partial charge < -0.3 is 5.32 Å². The van der Waals surface area contributed by atoms with Crippen LogP contribution in [-0.2, 0) is 10.5 Å². The van der Waals surface area contributed by atoms with Gasteiger partial charge in [-0.1, -0.05) is 6.07 Å². The van der Waals surface area contributed by atoms with Crippen molar-refractivity contribution in [2.24, 2.45) is 0 Å². The maximum atomic E-state index is 13.5.